The van der Waals surface area contributed by atoms with Gasteiger partial charge in [-0.2, -0.15) is 0 Å². The number of hydrogen-bond donors (Lipinski definition) is 1. The van der Waals surface area contributed by atoms with Crippen molar-refractivity contribution in [2.45, 2.75) is 31.0 Å². The summed E-state index contributed by atoms with van der Waals surface area (Å²) in [6.45, 7) is 3.39. The molecule has 6 nitrogen and oxygen atoms in total. The van der Waals surface area contributed by atoms with Crippen LogP contribution in [0.1, 0.15) is 29.7 Å². The van der Waals surface area contributed by atoms with Crippen molar-refractivity contribution in [2.75, 3.05) is 13.8 Å². The first-order chi connectivity index (χ1) is 12.3. The molecular weight excluding hydrogens is 376 g/mol. The quantitative estimate of drug-likeness (QED) is 0.839. The fourth-order valence-corrected chi connectivity index (χ4v) is 3.75. The fraction of sp³-hybridized carbons (Fsp3) is 0.333. The van der Waals surface area contributed by atoms with Crippen molar-refractivity contribution < 1.29 is 17.9 Å². The highest BCUT2D eigenvalue weighted by molar-refractivity contribution is 7.89. The average molecular weight is 397 g/mol. The van der Waals surface area contributed by atoms with E-state index in [1.165, 1.54) is 12.1 Å². The zero-order chi connectivity index (χ0) is 18.9. The third-order valence-corrected chi connectivity index (χ3v) is 5.67. The van der Waals surface area contributed by atoms with E-state index in [4.69, 9.17) is 26.2 Å². The predicted molar refractivity (Wildman–Crippen MR) is 99.4 cm³/mol. The Balaban J connectivity index is 1.80. The Morgan fingerprint density at radius 3 is 2.62 bits per heavy atom. The van der Waals surface area contributed by atoms with Crippen LogP contribution < -0.4 is 9.88 Å². The molecule has 3 rings (SSSR count). The van der Waals surface area contributed by atoms with Gasteiger partial charge in [-0.1, -0.05) is 23.7 Å². The summed E-state index contributed by atoms with van der Waals surface area (Å²) >= 11 is 6.22. The van der Waals surface area contributed by atoms with E-state index in [1.54, 1.807) is 12.1 Å². The van der Waals surface area contributed by atoms with Crippen LogP contribution in [0.25, 0.3) is 0 Å². The van der Waals surface area contributed by atoms with Gasteiger partial charge in [0.05, 0.1) is 11.5 Å². The Hall–Kier alpha value is -1.64. The molecular formula is C18H21ClN2O4S. The maximum absolute atomic E-state index is 11.4. The Kier molecular flexibility index (Phi) is 5.55. The first-order valence-corrected chi connectivity index (χ1v) is 10.0. The highest BCUT2D eigenvalue weighted by atomic mass is 35.5. The van der Waals surface area contributed by atoms with Crippen LogP contribution in [0.3, 0.4) is 0 Å². The van der Waals surface area contributed by atoms with Gasteiger partial charge < -0.3 is 9.47 Å². The lowest BCUT2D eigenvalue weighted by molar-refractivity contribution is -0.0175. The van der Waals surface area contributed by atoms with Crippen LogP contribution >= 0.6 is 11.6 Å². The van der Waals surface area contributed by atoms with E-state index in [9.17, 15) is 8.42 Å². The maximum atomic E-state index is 11.4. The smallest absolute Gasteiger partial charge is 0.238 e. The molecule has 1 aliphatic heterocycles. The van der Waals surface area contributed by atoms with Gasteiger partial charge in [0.2, 0.25) is 10.0 Å². The van der Waals surface area contributed by atoms with Crippen molar-refractivity contribution in [3.63, 3.8) is 0 Å². The number of ether oxygens (including phenoxy) is 2. The lowest BCUT2D eigenvalue weighted by Crippen LogP contribution is -2.23. The average Bonchev–Trinajstić information content (AvgIpc) is 2.60. The second-order valence-electron chi connectivity index (χ2n) is 6.37. The first kappa shape index (κ1) is 19.1. The molecule has 2 N–H and O–H groups in total. The monoisotopic (exact) mass is 396 g/mol. The van der Waals surface area contributed by atoms with Crippen molar-refractivity contribution in [2.24, 2.45) is 5.14 Å². The molecule has 0 fully saturated rings. The van der Waals surface area contributed by atoms with Crippen LogP contribution in [0, 0.1) is 0 Å². The molecule has 0 aliphatic carbocycles. The summed E-state index contributed by atoms with van der Waals surface area (Å²) in [4.78, 5) is 2.24. The zero-order valence-electron chi connectivity index (χ0n) is 14.6. The van der Waals surface area contributed by atoms with Gasteiger partial charge in [-0.05, 0) is 43.8 Å². The molecule has 26 heavy (non-hydrogen) atoms. The van der Waals surface area contributed by atoms with Crippen molar-refractivity contribution in [1.29, 1.82) is 0 Å². The molecule has 0 spiro atoms. The number of hydrogen-bond acceptors (Lipinski definition) is 5. The standard InChI is InChI=1S/C18H21ClN2O4S/c1-12(13-3-5-17(6-4-13)26(20,22)23)21(2)9-14-7-16(19)8-15-10-24-11-25-18(14)15/h3-8,12H,9-11H2,1-2H3,(H2,20,22,23)/t12-/m0/s1. The van der Waals surface area contributed by atoms with Gasteiger partial charge in [-0.25, -0.2) is 13.6 Å². The van der Waals surface area contributed by atoms with E-state index in [1.807, 2.05) is 26.1 Å². The number of nitrogens with zero attached hydrogens (tertiary/aromatic N) is 1. The normalized spacial score (nSPS) is 15.4. The molecule has 0 unspecified atom stereocenters. The van der Waals surface area contributed by atoms with Crippen LogP contribution in [-0.2, 0) is 27.9 Å². The van der Waals surface area contributed by atoms with Gasteiger partial charge in [0, 0.05) is 28.7 Å². The third kappa shape index (κ3) is 4.19. The van der Waals surface area contributed by atoms with E-state index in [-0.39, 0.29) is 17.7 Å². The minimum Gasteiger partial charge on any atom is -0.467 e. The van der Waals surface area contributed by atoms with Crippen molar-refractivity contribution >= 4 is 21.6 Å². The van der Waals surface area contributed by atoms with Gasteiger partial charge in [0.25, 0.3) is 0 Å². The van der Waals surface area contributed by atoms with Gasteiger partial charge in [-0.15, -0.1) is 0 Å². The molecule has 0 aromatic heterocycles. The SMILES string of the molecule is C[C@@H](c1ccc(S(N)(=O)=O)cc1)N(C)Cc1cc(Cl)cc2c1OCOC2. The molecule has 0 bridgehead atoms. The molecule has 140 valence electrons. The summed E-state index contributed by atoms with van der Waals surface area (Å²) < 4.78 is 33.7. The molecule has 0 radical (unpaired) electrons. The number of fused-ring (bicyclic) bond motifs is 1. The second-order valence-corrected chi connectivity index (χ2v) is 8.37. The van der Waals surface area contributed by atoms with E-state index in [2.05, 4.69) is 4.90 Å². The lowest BCUT2D eigenvalue weighted by atomic mass is 10.0. The van der Waals surface area contributed by atoms with Crippen LogP contribution in [-0.4, -0.2) is 27.2 Å². The van der Waals surface area contributed by atoms with E-state index >= 15 is 0 Å². The molecule has 2 aromatic rings. The van der Waals surface area contributed by atoms with Gasteiger partial charge in [0.15, 0.2) is 6.79 Å². The van der Waals surface area contributed by atoms with Crippen LogP contribution in [0.15, 0.2) is 41.3 Å². The highest BCUT2D eigenvalue weighted by Crippen LogP contribution is 2.33. The molecule has 0 saturated heterocycles. The van der Waals surface area contributed by atoms with Crippen molar-refractivity contribution in [1.82, 2.24) is 4.90 Å². The molecule has 1 atom stereocenters. The third-order valence-electron chi connectivity index (χ3n) is 4.52. The summed E-state index contributed by atoms with van der Waals surface area (Å²) in [6, 6.07) is 10.4. The van der Waals surface area contributed by atoms with E-state index in [0.29, 0.717) is 18.2 Å². The Bertz CT molecular complexity index is 900. The molecule has 2 aromatic carbocycles. The number of benzene rings is 2. The zero-order valence-corrected chi connectivity index (χ0v) is 16.2. The van der Waals surface area contributed by atoms with Crippen molar-refractivity contribution in [3.05, 3.63) is 58.1 Å². The maximum Gasteiger partial charge on any atom is 0.238 e. The molecule has 0 saturated carbocycles. The molecule has 1 aliphatic rings. The second kappa shape index (κ2) is 7.54. The summed E-state index contributed by atoms with van der Waals surface area (Å²) in [5, 5.41) is 5.79. The largest absolute Gasteiger partial charge is 0.467 e. The summed E-state index contributed by atoms with van der Waals surface area (Å²) in [7, 11) is -1.69. The minimum absolute atomic E-state index is 0.0546. The van der Waals surface area contributed by atoms with Crippen LogP contribution in [0.4, 0.5) is 0 Å². The number of nitrogens with two attached hydrogens (primary N) is 1. The summed E-state index contributed by atoms with van der Waals surface area (Å²) in [5.41, 5.74) is 2.92. The molecule has 8 heteroatoms. The highest BCUT2D eigenvalue weighted by Gasteiger charge is 2.20. The van der Waals surface area contributed by atoms with Crippen LogP contribution in [0.2, 0.25) is 5.02 Å². The van der Waals surface area contributed by atoms with Crippen molar-refractivity contribution in [3.8, 4) is 5.75 Å². The lowest BCUT2D eigenvalue weighted by Gasteiger charge is -2.28. The van der Waals surface area contributed by atoms with Crippen LogP contribution in [0.5, 0.6) is 5.75 Å². The first-order valence-electron chi connectivity index (χ1n) is 8.10. The topological polar surface area (TPSA) is 81.9 Å². The van der Waals surface area contributed by atoms with Gasteiger partial charge >= 0.3 is 0 Å². The Labute approximate surface area is 158 Å². The molecule has 0 amide bonds. The Morgan fingerprint density at radius 2 is 1.96 bits per heavy atom. The van der Waals surface area contributed by atoms with Gasteiger partial charge in [-0.3, -0.25) is 4.90 Å². The van der Waals surface area contributed by atoms with Gasteiger partial charge in [0.1, 0.15) is 5.75 Å². The molecule has 1 heterocycles. The predicted octanol–water partition coefficient (Wildman–Crippen LogP) is 3.05. The number of primary sulfonamides is 1. The fourth-order valence-electron chi connectivity index (χ4n) is 2.97. The van der Waals surface area contributed by atoms with E-state index in [0.717, 1.165) is 22.4 Å². The summed E-state index contributed by atoms with van der Waals surface area (Å²) in [6.07, 6.45) is 0. The summed E-state index contributed by atoms with van der Waals surface area (Å²) in [5.74, 6) is 0.823. The Morgan fingerprint density at radius 1 is 1.27 bits per heavy atom. The number of rotatable bonds is 5. The van der Waals surface area contributed by atoms with E-state index < -0.39 is 10.0 Å². The minimum atomic E-state index is -3.69. The number of sulfonamides is 1. The number of halogens is 1.